The summed E-state index contributed by atoms with van der Waals surface area (Å²) in [6.07, 6.45) is 1.70. The molecule has 21 heavy (non-hydrogen) atoms. The number of nitriles is 1. The molecule has 0 fully saturated rings. The third kappa shape index (κ3) is 2.43. The number of ketones is 1. The number of aromatic nitrogens is 1. The molecule has 0 amide bonds. The van der Waals surface area contributed by atoms with Gasteiger partial charge in [-0.3, -0.25) is 14.2 Å². The first-order valence-corrected chi connectivity index (χ1v) is 7.34. The van der Waals surface area contributed by atoms with Crippen molar-refractivity contribution in [1.82, 2.24) is 4.57 Å². The summed E-state index contributed by atoms with van der Waals surface area (Å²) in [7, 11) is 0. The highest BCUT2D eigenvalue weighted by Crippen LogP contribution is 2.28. The summed E-state index contributed by atoms with van der Waals surface area (Å²) in [6, 6.07) is 10.7. The Hall–Kier alpha value is -2.52. The first-order chi connectivity index (χ1) is 10.0. The highest BCUT2D eigenvalue weighted by atomic mass is 32.2. The van der Waals surface area contributed by atoms with Crippen LogP contribution in [0.2, 0.25) is 0 Å². The lowest BCUT2D eigenvalue weighted by Crippen LogP contribution is -2.29. The minimum Gasteiger partial charge on any atom is -0.384 e. The second-order valence-corrected chi connectivity index (χ2v) is 5.13. The van der Waals surface area contributed by atoms with E-state index in [1.165, 1.54) is 23.3 Å². The van der Waals surface area contributed by atoms with E-state index in [4.69, 9.17) is 5.73 Å². The van der Waals surface area contributed by atoms with Gasteiger partial charge in [-0.25, -0.2) is 0 Å². The van der Waals surface area contributed by atoms with E-state index in [1.54, 1.807) is 36.6 Å². The molecule has 0 aliphatic carbocycles. The zero-order valence-corrected chi connectivity index (χ0v) is 12.4. The van der Waals surface area contributed by atoms with Crippen LogP contribution >= 0.6 is 11.8 Å². The Morgan fingerprint density at radius 1 is 1.33 bits per heavy atom. The Bertz CT molecular complexity index is 804. The summed E-state index contributed by atoms with van der Waals surface area (Å²) in [5.74, 6) is -0.339. The standard InChI is InChI=1S/C15H13N3O2S/c1-9(19)12-13(21-2)11(8-16)14(17)18(15(12)20)10-6-4-3-5-7-10/h3-7H,17H2,1-2H3. The fourth-order valence-corrected chi connectivity index (χ4v) is 2.92. The van der Waals surface area contributed by atoms with E-state index in [2.05, 4.69) is 0 Å². The maximum atomic E-state index is 12.6. The van der Waals surface area contributed by atoms with Gasteiger partial charge in [0.15, 0.2) is 5.78 Å². The molecule has 0 aliphatic rings. The molecule has 0 atom stereocenters. The molecule has 0 spiro atoms. The van der Waals surface area contributed by atoms with Crippen molar-refractivity contribution in [1.29, 1.82) is 5.26 Å². The second-order valence-electron chi connectivity index (χ2n) is 4.31. The molecule has 0 saturated heterocycles. The summed E-state index contributed by atoms with van der Waals surface area (Å²) in [4.78, 5) is 24.8. The maximum absolute atomic E-state index is 12.6. The van der Waals surface area contributed by atoms with Crippen LogP contribution in [-0.4, -0.2) is 16.6 Å². The Kier molecular flexibility index (Phi) is 4.15. The SMILES string of the molecule is CSc1c(C#N)c(N)n(-c2ccccc2)c(=O)c1C(C)=O. The number of carbonyl (C=O) groups is 1. The zero-order valence-electron chi connectivity index (χ0n) is 11.6. The third-order valence-electron chi connectivity index (χ3n) is 3.05. The molecule has 2 rings (SSSR count). The first kappa shape index (κ1) is 14.9. The van der Waals surface area contributed by atoms with Gasteiger partial charge in [0.05, 0.1) is 11.3 Å². The van der Waals surface area contributed by atoms with Crippen LogP contribution in [0, 0.1) is 11.3 Å². The van der Waals surface area contributed by atoms with Crippen molar-refractivity contribution in [3.8, 4) is 11.8 Å². The van der Waals surface area contributed by atoms with Crippen molar-refractivity contribution in [3.63, 3.8) is 0 Å². The van der Waals surface area contributed by atoms with Crippen LogP contribution < -0.4 is 11.3 Å². The van der Waals surface area contributed by atoms with Crippen LogP contribution in [0.1, 0.15) is 22.8 Å². The molecular formula is C15H13N3O2S. The minimum absolute atomic E-state index is 0.00268. The highest BCUT2D eigenvalue weighted by Gasteiger charge is 2.23. The number of Topliss-reactive ketones (excluding diaryl/α,β-unsaturated/α-hetero) is 1. The van der Waals surface area contributed by atoms with E-state index >= 15 is 0 Å². The Morgan fingerprint density at radius 2 is 1.95 bits per heavy atom. The van der Waals surface area contributed by atoms with Gasteiger partial charge in [-0.05, 0) is 25.3 Å². The molecule has 5 nitrogen and oxygen atoms in total. The van der Waals surface area contributed by atoms with Crippen LogP contribution in [0.25, 0.3) is 5.69 Å². The molecule has 106 valence electrons. The van der Waals surface area contributed by atoms with Gasteiger partial charge >= 0.3 is 0 Å². The minimum atomic E-state index is -0.505. The van der Waals surface area contributed by atoms with Crippen LogP contribution in [0.3, 0.4) is 0 Å². The van der Waals surface area contributed by atoms with Crippen LogP contribution in [0.4, 0.5) is 5.82 Å². The Morgan fingerprint density at radius 3 is 2.43 bits per heavy atom. The zero-order chi connectivity index (χ0) is 15.6. The van der Waals surface area contributed by atoms with Gasteiger partial charge in [0, 0.05) is 4.90 Å². The molecule has 0 saturated carbocycles. The number of carbonyl (C=O) groups excluding carboxylic acids is 1. The van der Waals surface area contributed by atoms with Crippen LogP contribution in [0.5, 0.6) is 0 Å². The van der Waals surface area contributed by atoms with E-state index in [0.717, 1.165) is 0 Å². The number of anilines is 1. The average Bonchev–Trinajstić information content (AvgIpc) is 2.47. The van der Waals surface area contributed by atoms with Crippen molar-refractivity contribution in [2.24, 2.45) is 0 Å². The molecule has 1 aromatic heterocycles. The fourth-order valence-electron chi connectivity index (χ4n) is 2.13. The van der Waals surface area contributed by atoms with E-state index in [1.807, 2.05) is 6.07 Å². The number of nitrogens with two attached hydrogens (primary N) is 1. The summed E-state index contributed by atoms with van der Waals surface area (Å²) >= 11 is 1.17. The number of nitrogens with zero attached hydrogens (tertiary/aromatic N) is 2. The van der Waals surface area contributed by atoms with Crippen molar-refractivity contribution < 1.29 is 4.79 Å². The van der Waals surface area contributed by atoms with Crippen LogP contribution in [-0.2, 0) is 0 Å². The number of benzene rings is 1. The van der Waals surface area contributed by atoms with E-state index < -0.39 is 5.56 Å². The predicted molar refractivity (Wildman–Crippen MR) is 83.0 cm³/mol. The number of hydrogen-bond donors (Lipinski definition) is 1. The molecule has 0 aliphatic heterocycles. The lowest BCUT2D eigenvalue weighted by atomic mass is 10.1. The van der Waals surface area contributed by atoms with E-state index in [-0.39, 0.29) is 22.7 Å². The highest BCUT2D eigenvalue weighted by molar-refractivity contribution is 7.98. The summed E-state index contributed by atoms with van der Waals surface area (Å²) in [6.45, 7) is 1.31. The van der Waals surface area contributed by atoms with Crippen molar-refractivity contribution in [2.45, 2.75) is 11.8 Å². The molecule has 0 unspecified atom stereocenters. The van der Waals surface area contributed by atoms with Gasteiger partial charge < -0.3 is 5.73 Å². The molecule has 1 heterocycles. The van der Waals surface area contributed by atoms with Gasteiger partial charge in [-0.2, -0.15) is 5.26 Å². The smallest absolute Gasteiger partial charge is 0.268 e. The van der Waals surface area contributed by atoms with E-state index in [9.17, 15) is 14.9 Å². The third-order valence-corrected chi connectivity index (χ3v) is 3.87. The molecule has 2 N–H and O–H groups in total. The van der Waals surface area contributed by atoms with Gasteiger partial charge in [0.2, 0.25) is 0 Å². The predicted octanol–water partition coefficient (Wildman–Crippen LogP) is 2.22. The fraction of sp³-hybridized carbons (Fsp3) is 0.133. The molecule has 2 aromatic rings. The number of para-hydroxylation sites is 1. The largest absolute Gasteiger partial charge is 0.384 e. The molecule has 6 heteroatoms. The number of hydrogen-bond acceptors (Lipinski definition) is 5. The van der Waals surface area contributed by atoms with Gasteiger partial charge in [-0.15, -0.1) is 11.8 Å². The number of nitrogen functional groups attached to an aromatic ring is 1. The van der Waals surface area contributed by atoms with Gasteiger partial charge in [0.1, 0.15) is 17.5 Å². The normalized spacial score (nSPS) is 10.1. The average molecular weight is 299 g/mol. The first-order valence-electron chi connectivity index (χ1n) is 6.11. The van der Waals surface area contributed by atoms with Gasteiger partial charge in [-0.1, -0.05) is 18.2 Å². The van der Waals surface area contributed by atoms with Crippen molar-refractivity contribution in [3.05, 3.63) is 51.8 Å². The Balaban J connectivity index is 2.98. The number of thioether (sulfide) groups is 1. The molecule has 0 bridgehead atoms. The molecule has 0 radical (unpaired) electrons. The lowest BCUT2D eigenvalue weighted by molar-refractivity contribution is 0.101. The monoisotopic (exact) mass is 299 g/mol. The molecule has 1 aromatic carbocycles. The Labute approximate surface area is 126 Å². The lowest BCUT2D eigenvalue weighted by Gasteiger charge is -2.15. The summed E-state index contributed by atoms with van der Waals surface area (Å²) < 4.78 is 1.20. The summed E-state index contributed by atoms with van der Waals surface area (Å²) in [5.41, 5.74) is 6.15. The topological polar surface area (TPSA) is 88.9 Å². The number of pyridine rings is 1. The number of rotatable bonds is 3. The molecular weight excluding hydrogens is 286 g/mol. The van der Waals surface area contributed by atoms with Crippen molar-refractivity contribution in [2.75, 3.05) is 12.0 Å². The van der Waals surface area contributed by atoms with Crippen molar-refractivity contribution >= 4 is 23.4 Å². The second kappa shape index (κ2) is 5.85. The van der Waals surface area contributed by atoms with Crippen LogP contribution in [0.15, 0.2) is 40.0 Å². The maximum Gasteiger partial charge on any atom is 0.268 e. The van der Waals surface area contributed by atoms with Gasteiger partial charge in [0.25, 0.3) is 5.56 Å². The summed E-state index contributed by atoms with van der Waals surface area (Å²) in [5, 5.41) is 9.33. The van der Waals surface area contributed by atoms with E-state index in [0.29, 0.717) is 10.6 Å². The quantitative estimate of drug-likeness (QED) is 0.693.